The summed E-state index contributed by atoms with van der Waals surface area (Å²) in [6, 6.07) is 0. The molecule has 5 nitrogen and oxygen atoms in total. The van der Waals surface area contributed by atoms with Crippen molar-refractivity contribution in [3.05, 3.63) is 0 Å². The first-order valence-electron chi connectivity index (χ1n) is 7.49. The molecule has 0 spiro atoms. The molecule has 0 unspecified atom stereocenters. The molecule has 0 aliphatic heterocycles. The fourth-order valence-corrected chi connectivity index (χ4v) is 2.57. The Hall–Kier alpha value is -1.10. The second kappa shape index (κ2) is 8.25. The second-order valence-corrected chi connectivity index (χ2v) is 6.39. The van der Waals surface area contributed by atoms with E-state index in [-0.39, 0.29) is 18.7 Å². The van der Waals surface area contributed by atoms with Gasteiger partial charge in [0.25, 0.3) is 0 Å². The molecule has 1 aliphatic carbocycles. The molecule has 0 radical (unpaired) electrons. The molecule has 5 heteroatoms. The smallest absolute Gasteiger partial charge is 0.303 e. The average Bonchev–Trinajstić information content (AvgIpc) is 2.78. The van der Waals surface area contributed by atoms with Gasteiger partial charge in [0.1, 0.15) is 0 Å². The van der Waals surface area contributed by atoms with Crippen molar-refractivity contribution in [2.75, 3.05) is 13.2 Å². The summed E-state index contributed by atoms with van der Waals surface area (Å²) in [5.41, 5.74) is -0.504. The van der Waals surface area contributed by atoms with E-state index in [0.717, 1.165) is 19.3 Å². The number of aliphatic carboxylic acids is 1. The maximum Gasteiger partial charge on any atom is 0.303 e. The molecule has 0 aromatic carbocycles. The van der Waals surface area contributed by atoms with Gasteiger partial charge in [0.05, 0.1) is 12.5 Å². The maximum absolute atomic E-state index is 11.7. The van der Waals surface area contributed by atoms with E-state index < -0.39 is 11.4 Å². The largest absolute Gasteiger partial charge is 0.481 e. The third-order valence-corrected chi connectivity index (χ3v) is 3.57. The molecule has 1 saturated carbocycles. The Morgan fingerprint density at radius 1 is 1.25 bits per heavy atom. The molecule has 1 aliphatic rings. The van der Waals surface area contributed by atoms with Crippen molar-refractivity contribution >= 4 is 11.9 Å². The Morgan fingerprint density at radius 2 is 1.90 bits per heavy atom. The van der Waals surface area contributed by atoms with Crippen molar-refractivity contribution < 1.29 is 19.4 Å². The van der Waals surface area contributed by atoms with E-state index in [1.165, 1.54) is 12.8 Å². The molecule has 0 atom stereocenters. The van der Waals surface area contributed by atoms with Gasteiger partial charge in [0.2, 0.25) is 5.91 Å². The van der Waals surface area contributed by atoms with E-state index in [1.807, 2.05) is 0 Å². The van der Waals surface area contributed by atoms with Crippen molar-refractivity contribution in [1.82, 2.24) is 5.32 Å². The minimum atomic E-state index is -0.868. The Kier molecular flexibility index (Phi) is 6.99. The van der Waals surface area contributed by atoms with E-state index in [1.54, 1.807) is 13.8 Å². The van der Waals surface area contributed by atoms with Crippen molar-refractivity contribution in [1.29, 1.82) is 0 Å². The van der Waals surface area contributed by atoms with Crippen molar-refractivity contribution in [3.8, 4) is 0 Å². The molecule has 0 aromatic heterocycles. The molecular formula is C15H27NO4. The first kappa shape index (κ1) is 17.0. The number of carboxylic acids is 1. The summed E-state index contributed by atoms with van der Waals surface area (Å²) >= 11 is 0. The number of rotatable bonds is 9. The SMILES string of the molecule is CC(C)(CC(=O)O)CC(=O)NCCCOC1CCCC1. The number of hydrogen-bond acceptors (Lipinski definition) is 3. The minimum Gasteiger partial charge on any atom is -0.481 e. The quantitative estimate of drug-likeness (QED) is 0.638. The second-order valence-electron chi connectivity index (χ2n) is 6.39. The molecule has 20 heavy (non-hydrogen) atoms. The van der Waals surface area contributed by atoms with Crippen LogP contribution in [0.15, 0.2) is 0 Å². The summed E-state index contributed by atoms with van der Waals surface area (Å²) in [6.45, 7) is 4.87. The van der Waals surface area contributed by atoms with Crippen LogP contribution in [-0.2, 0) is 14.3 Å². The van der Waals surface area contributed by atoms with E-state index in [4.69, 9.17) is 9.84 Å². The number of carboxylic acid groups (broad SMARTS) is 1. The molecule has 0 heterocycles. The minimum absolute atomic E-state index is 0.00517. The molecule has 1 amide bonds. The predicted molar refractivity (Wildman–Crippen MR) is 76.5 cm³/mol. The monoisotopic (exact) mass is 285 g/mol. The Morgan fingerprint density at radius 3 is 2.50 bits per heavy atom. The fraction of sp³-hybridized carbons (Fsp3) is 0.867. The number of carbonyl (C=O) groups excluding carboxylic acids is 1. The lowest BCUT2D eigenvalue weighted by molar-refractivity contribution is -0.139. The van der Waals surface area contributed by atoms with Gasteiger partial charge >= 0.3 is 5.97 Å². The maximum atomic E-state index is 11.7. The summed E-state index contributed by atoms with van der Waals surface area (Å²) in [4.78, 5) is 22.4. The molecule has 1 rings (SSSR count). The highest BCUT2D eigenvalue weighted by molar-refractivity contribution is 5.77. The van der Waals surface area contributed by atoms with Gasteiger partial charge in [0.15, 0.2) is 0 Å². The lowest BCUT2D eigenvalue weighted by Crippen LogP contribution is -2.31. The molecular weight excluding hydrogens is 258 g/mol. The van der Waals surface area contributed by atoms with Gasteiger partial charge in [-0.25, -0.2) is 0 Å². The molecule has 116 valence electrons. The zero-order valence-corrected chi connectivity index (χ0v) is 12.6. The lowest BCUT2D eigenvalue weighted by Gasteiger charge is -2.21. The van der Waals surface area contributed by atoms with E-state index in [2.05, 4.69) is 5.32 Å². The zero-order chi connectivity index (χ0) is 15.0. The fourth-order valence-electron chi connectivity index (χ4n) is 2.57. The average molecular weight is 285 g/mol. The number of ether oxygens (including phenoxy) is 1. The highest BCUT2D eigenvalue weighted by atomic mass is 16.5. The highest BCUT2D eigenvalue weighted by Crippen LogP contribution is 2.24. The van der Waals surface area contributed by atoms with Crippen LogP contribution in [0, 0.1) is 5.41 Å². The number of carbonyl (C=O) groups is 2. The number of hydrogen-bond donors (Lipinski definition) is 2. The summed E-state index contributed by atoms with van der Waals surface area (Å²) in [5, 5.41) is 11.6. The topological polar surface area (TPSA) is 75.6 Å². The van der Waals surface area contributed by atoms with Gasteiger partial charge in [-0.15, -0.1) is 0 Å². The first-order valence-corrected chi connectivity index (χ1v) is 7.49. The van der Waals surface area contributed by atoms with Crippen molar-refractivity contribution in [2.24, 2.45) is 5.41 Å². The van der Waals surface area contributed by atoms with Crippen molar-refractivity contribution in [3.63, 3.8) is 0 Å². The van der Waals surface area contributed by atoms with Crippen LogP contribution in [0.4, 0.5) is 0 Å². The highest BCUT2D eigenvalue weighted by Gasteiger charge is 2.24. The van der Waals surface area contributed by atoms with Crippen LogP contribution in [0.25, 0.3) is 0 Å². The third-order valence-electron chi connectivity index (χ3n) is 3.57. The van der Waals surface area contributed by atoms with Crippen LogP contribution in [0.1, 0.15) is 58.8 Å². The van der Waals surface area contributed by atoms with E-state index in [9.17, 15) is 9.59 Å². The van der Waals surface area contributed by atoms with Crippen LogP contribution in [0.5, 0.6) is 0 Å². The lowest BCUT2D eigenvalue weighted by atomic mass is 9.85. The molecule has 0 bridgehead atoms. The van der Waals surface area contributed by atoms with Crippen LogP contribution in [0.2, 0.25) is 0 Å². The Labute approximate surface area is 121 Å². The van der Waals surface area contributed by atoms with Crippen LogP contribution < -0.4 is 5.32 Å². The van der Waals surface area contributed by atoms with Gasteiger partial charge < -0.3 is 15.2 Å². The van der Waals surface area contributed by atoms with Gasteiger partial charge in [-0.1, -0.05) is 26.7 Å². The summed E-state index contributed by atoms with van der Waals surface area (Å²) in [6.07, 6.45) is 6.32. The Bertz CT molecular complexity index is 322. The van der Waals surface area contributed by atoms with Gasteiger partial charge in [-0.3, -0.25) is 9.59 Å². The summed E-state index contributed by atoms with van der Waals surface area (Å²) in [5.74, 6) is -0.954. The van der Waals surface area contributed by atoms with Gasteiger partial charge in [0, 0.05) is 19.6 Å². The molecule has 0 aromatic rings. The zero-order valence-electron chi connectivity index (χ0n) is 12.6. The predicted octanol–water partition coefficient (Wildman–Crippen LogP) is 2.34. The summed E-state index contributed by atoms with van der Waals surface area (Å²) < 4.78 is 5.71. The molecule has 1 fully saturated rings. The number of nitrogens with one attached hydrogen (secondary N) is 1. The van der Waals surface area contributed by atoms with Crippen LogP contribution in [0.3, 0.4) is 0 Å². The van der Waals surface area contributed by atoms with Gasteiger partial charge in [-0.2, -0.15) is 0 Å². The first-order chi connectivity index (χ1) is 9.39. The molecule has 2 N–H and O–H groups in total. The number of amides is 1. The third kappa shape index (κ3) is 7.48. The van der Waals surface area contributed by atoms with Crippen molar-refractivity contribution in [2.45, 2.75) is 64.9 Å². The Balaban J connectivity index is 2.05. The van der Waals surface area contributed by atoms with E-state index >= 15 is 0 Å². The van der Waals surface area contributed by atoms with Gasteiger partial charge in [-0.05, 0) is 24.7 Å². The van der Waals surface area contributed by atoms with Crippen LogP contribution in [-0.4, -0.2) is 36.2 Å². The summed E-state index contributed by atoms with van der Waals surface area (Å²) in [7, 11) is 0. The standard InChI is InChI=1S/C15H27NO4/c1-15(2,11-14(18)19)10-13(17)16-8-5-9-20-12-6-3-4-7-12/h12H,3-11H2,1-2H3,(H,16,17)(H,18,19). The van der Waals surface area contributed by atoms with E-state index in [0.29, 0.717) is 19.3 Å². The molecule has 0 saturated heterocycles. The van der Waals surface area contributed by atoms with Crippen LogP contribution >= 0.6 is 0 Å². The normalized spacial score (nSPS) is 16.3.